The fraction of sp³-hybridized carbons (Fsp3) is 0.231. The average molecular weight is 267 g/mol. The number of aromatic nitrogens is 2. The summed E-state index contributed by atoms with van der Waals surface area (Å²) >= 11 is 0. The van der Waals surface area contributed by atoms with Crippen LogP contribution in [-0.4, -0.2) is 9.97 Å². The number of aryl methyl sites for hydroxylation is 1. The van der Waals surface area contributed by atoms with Gasteiger partial charge in [0.15, 0.2) is 11.6 Å². The molecule has 0 saturated heterocycles. The normalized spacial score (nSPS) is 10.5. The third-order valence-corrected chi connectivity index (χ3v) is 2.69. The SMILES string of the molecule is CCc1ncnc(NCc2c(F)cccc2F)c1F. The minimum absolute atomic E-state index is 0.0606. The van der Waals surface area contributed by atoms with Crippen molar-refractivity contribution in [2.45, 2.75) is 19.9 Å². The van der Waals surface area contributed by atoms with Gasteiger partial charge >= 0.3 is 0 Å². The Morgan fingerprint density at radius 3 is 2.42 bits per heavy atom. The van der Waals surface area contributed by atoms with Crippen molar-refractivity contribution in [1.29, 1.82) is 0 Å². The molecule has 19 heavy (non-hydrogen) atoms. The molecule has 0 radical (unpaired) electrons. The molecule has 1 heterocycles. The Kier molecular flexibility index (Phi) is 3.99. The van der Waals surface area contributed by atoms with E-state index in [1.54, 1.807) is 6.92 Å². The van der Waals surface area contributed by atoms with Gasteiger partial charge in [0.25, 0.3) is 0 Å². The molecule has 0 aliphatic heterocycles. The number of nitrogens with zero attached hydrogens (tertiary/aromatic N) is 2. The van der Waals surface area contributed by atoms with Gasteiger partial charge in [0.05, 0.1) is 5.69 Å². The molecule has 100 valence electrons. The van der Waals surface area contributed by atoms with E-state index in [-0.39, 0.29) is 23.6 Å². The van der Waals surface area contributed by atoms with E-state index >= 15 is 0 Å². The van der Waals surface area contributed by atoms with Gasteiger partial charge in [-0.25, -0.2) is 23.1 Å². The van der Waals surface area contributed by atoms with Crippen molar-refractivity contribution in [3.8, 4) is 0 Å². The topological polar surface area (TPSA) is 37.8 Å². The third kappa shape index (κ3) is 2.83. The molecule has 1 aromatic heterocycles. The number of rotatable bonds is 4. The highest BCUT2D eigenvalue weighted by Crippen LogP contribution is 2.17. The molecule has 0 aliphatic carbocycles. The van der Waals surface area contributed by atoms with Gasteiger partial charge in [-0.1, -0.05) is 13.0 Å². The van der Waals surface area contributed by atoms with Gasteiger partial charge in [-0.2, -0.15) is 0 Å². The van der Waals surface area contributed by atoms with Crippen molar-refractivity contribution < 1.29 is 13.2 Å². The Bertz CT molecular complexity index is 567. The van der Waals surface area contributed by atoms with Crippen molar-refractivity contribution in [2.75, 3.05) is 5.32 Å². The molecule has 3 nitrogen and oxygen atoms in total. The molecule has 0 amide bonds. The van der Waals surface area contributed by atoms with Crippen LogP contribution in [0.2, 0.25) is 0 Å². The summed E-state index contributed by atoms with van der Waals surface area (Å²) < 4.78 is 40.6. The largest absolute Gasteiger partial charge is 0.363 e. The third-order valence-electron chi connectivity index (χ3n) is 2.69. The molecule has 0 fully saturated rings. The fourth-order valence-corrected chi connectivity index (χ4v) is 1.65. The Labute approximate surface area is 108 Å². The van der Waals surface area contributed by atoms with Crippen molar-refractivity contribution >= 4 is 5.82 Å². The Balaban J connectivity index is 2.19. The predicted molar refractivity (Wildman–Crippen MR) is 65.1 cm³/mol. The Morgan fingerprint density at radius 1 is 1.11 bits per heavy atom. The summed E-state index contributed by atoms with van der Waals surface area (Å²) in [6.07, 6.45) is 1.62. The monoisotopic (exact) mass is 267 g/mol. The van der Waals surface area contributed by atoms with E-state index in [1.807, 2.05) is 0 Å². The molecule has 1 aromatic carbocycles. The van der Waals surface area contributed by atoms with Gasteiger partial charge in [-0.3, -0.25) is 0 Å². The zero-order valence-corrected chi connectivity index (χ0v) is 10.3. The van der Waals surface area contributed by atoms with Crippen LogP contribution in [0, 0.1) is 17.5 Å². The van der Waals surface area contributed by atoms with Crippen molar-refractivity contribution in [2.24, 2.45) is 0 Å². The highest BCUT2D eigenvalue weighted by Gasteiger charge is 2.12. The summed E-state index contributed by atoms with van der Waals surface area (Å²) in [7, 11) is 0. The number of hydrogen-bond acceptors (Lipinski definition) is 3. The van der Waals surface area contributed by atoms with Crippen molar-refractivity contribution in [1.82, 2.24) is 9.97 Å². The van der Waals surface area contributed by atoms with Gasteiger partial charge in [-0.05, 0) is 18.6 Å². The van der Waals surface area contributed by atoms with E-state index in [4.69, 9.17) is 0 Å². The Hall–Kier alpha value is -2.11. The molecule has 0 saturated carbocycles. The second-order valence-corrected chi connectivity index (χ2v) is 3.89. The first-order valence-electron chi connectivity index (χ1n) is 5.79. The lowest BCUT2D eigenvalue weighted by Gasteiger charge is -2.09. The zero-order valence-electron chi connectivity index (χ0n) is 10.3. The summed E-state index contributed by atoms with van der Waals surface area (Å²) in [5.74, 6) is -2.02. The Morgan fingerprint density at radius 2 is 1.79 bits per heavy atom. The molecule has 0 atom stereocenters. The van der Waals surface area contributed by atoms with Crippen LogP contribution in [-0.2, 0) is 13.0 Å². The maximum atomic E-state index is 13.8. The van der Waals surface area contributed by atoms with Crippen LogP contribution >= 0.6 is 0 Å². The van der Waals surface area contributed by atoms with E-state index in [2.05, 4.69) is 15.3 Å². The molecule has 0 unspecified atom stereocenters. The maximum absolute atomic E-state index is 13.8. The molecule has 0 spiro atoms. The smallest absolute Gasteiger partial charge is 0.186 e. The average Bonchev–Trinajstić information content (AvgIpc) is 2.40. The number of nitrogens with one attached hydrogen (secondary N) is 1. The van der Waals surface area contributed by atoms with E-state index in [9.17, 15) is 13.2 Å². The lowest BCUT2D eigenvalue weighted by atomic mass is 10.2. The van der Waals surface area contributed by atoms with Crippen LogP contribution in [0.5, 0.6) is 0 Å². The van der Waals surface area contributed by atoms with E-state index < -0.39 is 17.5 Å². The molecule has 2 rings (SSSR count). The van der Waals surface area contributed by atoms with Crippen LogP contribution in [0.4, 0.5) is 19.0 Å². The predicted octanol–water partition coefficient (Wildman–Crippen LogP) is 3.07. The van der Waals surface area contributed by atoms with E-state index in [1.165, 1.54) is 12.4 Å². The van der Waals surface area contributed by atoms with Crippen molar-refractivity contribution in [3.05, 3.63) is 53.2 Å². The first kappa shape index (κ1) is 13.3. The lowest BCUT2D eigenvalue weighted by Crippen LogP contribution is -2.09. The number of anilines is 1. The van der Waals surface area contributed by atoms with Gasteiger partial charge in [0, 0.05) is 12.1 Å². The summed E-state index contributed by atoms with van der Waals surface area (Å²) in [5, 5.41) is 2.58. The minimum atomic E-state index is -0.683. The summed E-state index contributed by atoms with van der Waals surface area (Å²) in [6.45, 7) is 1.57. The second kappa shape index (κ2) is 5.69. The van der Waals surface area contributed by atoms with Crippen LogP contribution in [0.25, 0.3) is 0 Å². The molecular formula is C13H12F3N3. The molecule has 2 aromatic rings. The molecule has 6 heteroatoms. The molecular weight excluding hydrogens is 255 g/mol. The summed E-state index contributed by atoms with van der Waals surface area (Å²) in [4.78, 5) is 7.49. The van der Waals surface area contributed by atoms with Crippen LogP contribution in [0.3, 0.4) is 0 Å². The van der Waals surface area contributed by atoms with E-state index in [0.717, 1.165) is 12.1 Å². The highest BCUT2D eigenvalue weighted by atomic mass is 19.1. The fourth-order valence-electron chi connectivity index (χ4n) is 1.65. The first-order chi connectivity index (χ1) is 9.13. The summed E-state index contributed by atoms with van der Waals surface area (Å²) in [6, 6.07) is 3.57. The first-order valence-corrected chi connectivity index (χ1v) is 5.79. The van der Waals surface area contributed by atoms with Gasteiger partial charge in [0.1, 0.15) is 18.0 Å². The molecule has 1 N–H and O–H groups in total. The summed E-state index contributed by atoms with van der Waals surface area (Å²) in [5.41, 5.74) is 0.102. The van der Waals surface area contributed by atoms with Crippen LogP contribution in [0.1, 0.15) is 18.2 Å². The van der Waals surface area contributed by atoms with Gasteiger partial charge in [0.2, 0.25) is 0 Å². The minimum Gasteiger partial charge on any atom is -0.363 e. The van der Waals surface area contributed by atoms with E-state index in [0.29, 0.717) is 6.42 Å². The van der Waals surface area contributed by atoms with Crippen LogP contribution in [0.15, 0.2) is 24.5 Å². The van der Waals surface area contributed by atoms with Gasteiger partial charge in [-0.15, -0.1) is 0 Å². The molecule has 0 aliphatic rings. The number of benzene rings is 1. The second-order valence-electron chi connectivity index (χ2n) is 3.89. The zero-order chi connectivity index (χ0) is 13.8. The quantitative estimate of drug-likeness (QED) is 0.925. The number of halogens is 3. The molecule has 0 bridgehead atoms. The maximum Gasteiger partial charge on any atom is 0.186 e. The standard InChI is InChI=1S/C13H12F3N3/c1-2-11-12(16)13(19-7-18-11)17-6-8-9(14)4-3-5-10(8)15/h3-5,7H,2,6H2,1H3,(H,17,18,19). The lowest BCUT2D eigenvalue weighted by molar-refractivity contribution is 0.557. The van der Waals surface area contributed by atoms with Crippen molar-refractivity contribution in [3.63, 3.8) is 0 Å². The van der Waals surface area contributed by atoms with Crippen LogP contribution < -0.4 is 5.32 Å². The van der Waals surface area contributed by atoms with Gasteiger partial charge < -0.3 is 5.32 Å². The number of hydrogen-bond donors (Lipinski definition) is 1. The highest BCUT2D eigenvalue weighted by molar-refractivity contribution is 5.38.